The van der Waals surface area contributed by atoms with Crippen molar-refractivity contribution in [2.45, 2.75) is 59.3 Å². The SMILES string of the molecule is COC(=O)[C@]12C[C@H]1CN(c1cccc(-c3cccc(C)c3OCc3ccc4c(c3)CCN(C(=O)OC(C)(C)C)C4)n1)C2. The van der Waals surface area contributed by atoms with Gasteiger partial charge in [-0.15, -0.1) is 0 Å². The standard InChI is InChI=1S/C34H39N3O5/c1-22-8-6-9-27(28-10-7-11-29(35-28)37-19-26-17-34(26,21-37)31(38)40-5)30(22)41-20-23-12-13-25-18-36(15-14-24(25)16-23)32(39)42-33(2,3)4/h6-13,16,26H,14-15,17-21H2,1-5H3/t26-,34-/m0/s1. The van der Waals surface area contributed by atoms with Gasteiger partial charge < -0.3 is 24.0 Å². The minimum Gasteiger partial charge on any atom is -0.488 e. The Labute approximate surface area is 247 Å². The molecule has 1 aliphatic carbocycles. The minimum absolute atomic E-state index is 0.108. The van der Waals surface area contributed by atoms with E-state index in [4.69, 9.17) is 19.2 Å². The first kappa shape index (κ1) is 28.1. The van der Waals surface area contributed by atoms with Gasteiger partial charge in [-0.3, -0.25) is 4.79 Å². The zero-order valence-electron chi connectivity index (χ0n) is 25.1. The summed E-state index contributed by atoms with van der Waals surface area (Å²) in [6.07, 6.45) is 1.41. The fraction of sp³-hybridized carbons (Fsp3) is 0.441. The molecule has 0 N–H and O–H groups in total. The number of para-hydroxylation sites is 1. The lowest BCUT2D eigenvalue weighted by molar-refractivity contribution is -0.146. The number of nitrogens with zero attached hydrogens (tertiary/aromatic N) is 3. The number of aromatic nitrogens is 1. The number of pyridine rings is 1. The Hall–Kier alpha value is -4.07. The summed E-state index contributed by atoms with van der Waals surface area (Å²) in [7, 11) is 1.47. The quantitative estimate of drug-likeness (QED) is 0.341. The van der Waals surface area contributed by atoms with Gasteiger partial charge in [-0.25, -0.2) is 9.78 Å². The number of amides is 1. The smallest absolute Gasteiger partial charge is 0.410 e. The van der Waals surface area contributed by atoms with E-state index in [1.54, 1.807) is 4.90 Å². The summed E-state index contributed by atoms with van der Waals surface area (Å²) in [4.78, 5) is 33.9. The van der Waals surface area contributed by atoms with Crippen molar-refractivity contribution in [3.05, 3.63) is 76.9 Å². The van der Waals surface area contributed by atoms with Crippen molar-refractivity contribution in [3.63, 3.8) is 0 Å². The van der Waals surface area contributed by atoms with E-state index in [-0.39, 0.29) is 17.5 Å². The largest absolute Gasteiger partial charge is 0.488 e. The van der Waals surface area contributed by atoms with Gasteiger partial charge in [-0.1, -0.05) is 36.4 Å². The van der Waals surface area contributed by atoms with Crippen LogP contribution in [0.5, 0.6) is 5.75 Å². The zero-order valence-corrected chi connectivity index (χ0v) is 25.1. The Morgan fingerprint density at radius 3 is 2.67 bits per heavy atom. The average Bonchev–Trinajstić information content (AvgIpc) is 3.54. The van der Waals surface area contributed by atoms with Gasteiger partial charge in [0.25, 0.3) is 0 Å². The van der Waals surface area contributed by atoms with Gasteiger partial charge in [-0.2, -0.15) is 0 Å². The van der Waals surface area contributed by atoms with Crippen LogP contribution >= 0.6 is 0 Å². The molecule has 220 valence electrons. The van der Waals surface area contributed by atoms with E-state index in [0.29, 0.717) is 32.2 Å². The van der Waals surface area contributed by atoms with Crippen LogP contribution in [-0.2, 0) is 33.8 Å². The highest BCUT2D eigenvalue weighted by atomic mass is 16.6. The Bertz CT molecular complexity index is 1530. The van der Waals surface area contributed by atoms with Gasteiger partial charge in [0, 0.05) is 31.7 Å². The monoisotopic (exact) mass is 569 g/mol. The molecule has 2 fully saturated rings. The Morgan fingerprint density at radius 2 is 1.88 bits per heavy atom. The summed E-state index contributed by atoms with van der Waals surface area (Å²) < 4.78 is 17.1. The first-order valence-electron chi connectivity index (χ1n) is 14.7. The van der Waals surface area contributed by atoms with Gasteiger partial charge in [-0.05, 0) is 86.9 Å². The van der Waals surface area contributed by atoms with Crippen LogP contribution in [0.2, 0.25) is 0 Å². The highest BCUT2D eigenvalue weighted by molar-refractivity contribution is 5.83. The Morgan fingerprint density at radius 1 is 1.07 bits per heavy atom. The molecular formula is C34H39N3O5. The van der Waals surface area contributed by atoms with E-state index in [0.717, 1.165) is 58.9 Å². The van der Waals surface area contributed by atoms with Crippen molar-refractivity contribution in [2.75, 3.05) is 31.6 Å². The molecule has 2 atom stereocenters. The molecule has 2 aliphatic heterocycles. The summed E-state index contributed by atoms with van der Waals surface area (Å²) in [5.41, 5.74) is 5.41. The van der Waals surface area contributed by atoms with Crippen LogP contribution in [0.25, 0.3) is 11.3 Å². The molecule has 8 nitrogen and oxygen atoms in total. The summed E-state index contributed by atoms with van der Waals surface area (Å²) in [5.74, 6) is 1.91. The zero-order chi connectivity index (χ0) is 29.6. The predicted octanol–water partition coefficient (Wildman–Crippen LogP) is 5.93. The number of carbonyl (C=O) groups excluding carboxylic acids is 2. The van der Waals surface area contributed by atoms with Crippen LogP contribution in [0.1, 0.15) is 49.4 Å². The lowest BCUT2D eigenvalue weighted by Gasteiger charge is -2.31. The van der Waals surface area contributed by atoms with Crippen molar-refractivity contribution in [2.24, 2.45) is 11.3 Å². The molecule has 1 amide bonds. The summed E-state index contributed by atoms with van der Waals surface area (Å²) in [6, 6.07) is 18.5. The highest BCUT2D eigenvalue weighted by Gasteiger charge is 2.66. The number of fused-ring (bicyclic) bond motifs is 2. The number of methoxy groups -OCH3 is 1. The summed E-state index contributed by atoms with van der Waals surface area (Å²) in [5, 5.41) is 0. The maximum absolute atomic E-state index is 12.6. The molecule has 1 saturated carbocycles. The number of anilines is 1. The number of aryl methyl sites for hydroxylation is 1. The first-order valence-corrected chi connectivity index (χ1v) is 14.7. The normalized spacial score (nSPS) is 20.9. The van der Waals surface area contributed by atoms with Crippen LogP contribution in [0, 0.1) is 18.3 Å². The lowest BCUT2D eigenvalue weighted by atomic mass is 9.97. The van der Waals surface area contributed by atoms with Crippen molar-refractivity contribution in [1.82, 2.24) is 9.88 Å². The molecule has 0 spiro atoms. The molecule has 0 unspecified atom stereocenters. The van der Waals surface area contributed by atoms with Crippen molar-refractivity contribution in [3.8, 4) is 17.0 Å². The molecule has 1 saturated heterocycles. The van der Waals surface area contributed by atoms with Crippen LogP contribution in [-0.4, -0.2) is 54.3 Å². The van der Waals surface area contributed by atoms with E-state index >= 15 is 0 Å². The topological polar surface area (TPSA) is 81.2 Å². The van der Waals surface area contributed by atoms with E-state index < -0.39 is 5.60 Å². The molecule has 0 bridgehead atoms. The third kappa shape index (κ3) is 5.42. The van der Waals surface area contributed by atoms with Crippen LogP contribution in [0.4, 0.5) is 10.6 Å². The molecule has 1 aromatic heterocycles. The fourth-order valence-electron chi connectivity index (χ4n) is 6.31. The molecule has 2 aromatic carbocycles. The van der Waals surface area contributed by atoms with Gasteiger partial charge in [0.1, 0.15) is 23.8 Å². The second kappa shape index (κ2) is 10.6. The molecular weight excluding hydrogens is 530 g/mol. The van der Waals surface area contributed by atoms with E-state index in [1.165, 1.54) is 12.7 Å². The Kier molecular flexibility index (Phi) is 7.11. The molecule has 3 heterocycles. The second-order valence-corrected chi connectivity index (χ2v) is 12.8. The maximum Gasteiger partial charge on any atom is 0.410 e. The van der Waals surface area contributed by atoms with Gasteiger partial charge in [0.15, 0.2) is 0 Å². The molecule has 3 aliphatic rings. The first-order chi connectivity index (χ1) is 20.1. The fourth-order valence-corrected chi connectivity index (χ4v) is 6.31. The van der Waals surface area contributed by atoms with Crippen LogP contribution in [0.15, 0.2) is 54.6 Å². The number of hydrogen-bond acceptors (Lipinski definition) is 7. The van der Waals surface area contributed by atoms with Gasteiger partial charge in [0.05, 0.1) is 18.2 Å². The number of piperidine rings is 1. The highest BCUT2D eigenvalue weighted by Crippen LogP contribution is 2.59. The lowest BCUT2D eigenvalue weighted by Crippen LogP contribution is -2.39. The predicted molar refractivity (Wildman–Crippen MR) is 160 cm³/mol. The van der Waals surface area contributed by atoms with E-state index in [1.807, 2.05) is 51.1 Å². The van der Waals surface area contributed by atoms with Crippen molar-refractivity contribution < 1.29 is 23.8 Å². The van der Waals surface area contributed by atoms with Gasteiger partial charge >= 0.3 is 12.1 Å². The number of benzene rings is 2. The number of ether oxygens (including phenoxy) is 3. The third-order valence-electron chi connectivity index (χ3n) is 8.60. The number of esters is 1. The van der Waals surface area contributed by atoms with E-state index in [2.05, 4.69) is 36.1 Å². The van der Waals surface area contributed by atoms with Crippen LogP contribution < -0.4 is 9.64 Å². The number of carbonyl (C=O) groups is 2. The maximum atomic E-state index is 12.6. The van der Waals surface area contributed by atoms with Crippen molar-refractivity contribution in [1.29, 1.82) is 0 Å². The second-order valence-electron chi connectivity index (χ2n) is 12.8. The average molecular weight is 570 g/mol. The molecule has 0 radical (unpaired) electrons. The summed E-state index contributed by atoms with van der Waals surface area (Å²) in [6.45, 7) is 10.8. The number of hydrogen-bond donors (Lipinski definition) is 0. The molecule has 8 heteroatoms. The number of rotatable bonds is 6. The third-order valence-corrected chi connectivity index (χ3v) is 8.60. The summed E-state index contributed by atoms with van der Waals surface area (Å²) >= 11 is 0. The molecule has 42 heavy (non-hydrogen) atoms. The van der Waals surface area contributed by atoms with E-state index in [9.17, 15) is 9.59 Å². The van der Waals surface area contributed by atoms with Crippen LogP contribution in [0.3, 0.4) is 0 Å². The van der Waals surface area contributed by atoms with Crippen molar-refractivity contribution >= 4 is 17.9 Å². The molecule has 3 aromatic rings. The Balaban J connectivity index is 1.16. The molecule has 6 rings (SSSR count). The minimum atomic E-state index is -0.508. The van der Waals surface area contributed by atoms with Gasteiger partial charge in [0.2, 0.25) is 0 Å².